The van der Waals surface area contributed by atoms with Gasteiger partial charge in [0.2, 0.25) is 0 Å². The minimum Gasteiger partial charge on any atom is -0.456 e. The molecule has 0 amide bonds. The molecule has 0 radical (unpaired) electrons. The molecule has 0 aliphatic carbocycles. The highest BCUT2D eigenvalue weighted by atomic mass is 16.3. The van der Waals surface area contributed by atoms with E-state index in [2.05, 4.69) is 140 Å². The van der Waals surface area contributed by atoms with Crippen LogP contribution in [-0.2, 0) is 0 Å². The number of para-hydroxylation sites is 2. The summed E-state index contributed by atoms with van der Waals surface area (Å²) in [7, 11) is 0. The summed E-state index contributed by atoms with van der Waals surface area (Å²) in [4.78, 5) is 15.6. The first kappa shape index (κ1) is 30.3. The van der Waals surface area contributed by atoms with Crippen molar-refractivity contribution in [3.8, 4) is 56.4 Å². The molecule has 54 heavy (non-hydrogen) atoms. The topological polar surface area (TPSA) is 65.0 Å². The summed E-state index contributed by atoms with van der Waals surface area (Å²) in [5.74, 6) is 1.77. The molecular formula is C49H29N3O2. The highest BCUT2D eigenvalue weighted by Gasteiger charge is 2.20. The lowest BCUT2D eigenvalue weighted by atomic mass is 10.00. The summed E-state index contributed by atoms with van der Waals surface area (Å²) < 4.78 is 12.8. The molecule has 0 atom stereocenters. The van der Waals surface area contributed by atoms with Crippen LogP contribution in [0, 0.1) is 0 Å². The molecule has 5 nitrogen and oxygen atoms in total. The fourth-order valence-corrected chi connectivity index (χ4v) is 7.79. The van der Waals surface area contributed by atoms with Crippen LogP contribution in [0.4, 0.5) is 0 Å². The minimum atomic E-state index is 0.579. The smallest absolute Gasteiger partial charge is 0.164 e. The minimum absolute atomic E-state index is 0.579. The molecule has 252 valence electrons. The van der Waals surface area contributed by atoms with Crippen LogP contribution in [0.1, 0.15) is 0 Å². The highest BCUT2D eigenvalue weighted by molar-refractivity contribution is 6.19. The average Bonchev–Trinajstić information content (AvgIpc) is 3.83. The van der Waals surface area contributed by atoms with Gasteiger partial charge in [-0.05, 0) is 57.8 Å². The number of hydrogen-bond acceptors (Lipinski definition) is 5. The number of furan rings is 2. The second-order valence-electron chi connectivity index (χ2n) is 13.6. The number of aromatic nitrogens is 3. The Labute approximate surface area is 309 Å². The summed E-state index contributed by atoms with van der Waals surface area (Å²) in [5, 5.41) is 6.40. The molecule has 11 aromatic rings. The van der Waals surface area contributed by atoms with E-state index in [0.29, 0.717) is 17.5 Å². The third-order valence-electron chi connectivity index (χ3n) is 10.3. The van der Waals surface area contributed by atoms with E-state index in [1.54, 1.807) is 0 Å². The van der Waals surface area contributed by atoms with Crippen molar-refractivity contribution in [2.75, 3.05) is 0 Å². The largest absolute Gasteiger partial charge is 0.456 e. The van der Waals surface area contributed by atoms with Crippen molar-refractivity contribution in [3.05, 3.63) is 176 Å². The molecule has 0 aliphatic rings. The first-order valence-corrected chi connectivity index (χ1v) is 18.0. The molecule has 0 unspecified atom stereocenters. The van der Waals surface area contributed by atoms with Gasteiger partial charge in [-0.25, -0.2) is 15.0 Å². The maximum Gasteiger partial charge on any atom is 0.164 e. The molecule has 0 aliphatic heterocycles. The summed E-state index contributed by atoms with van der Waals surface area (Å²) in [6.07, 6.45) is 0. The molecule has 0 saturated heterocycles. The predicted octanol–water partition coefficient (Wildman–Crippen LogP) is 13.2. The molecule has 11 rings (SSSR count). The first-order chi connectivity index (χ1) is 26.7. The van der Waals surface area contributed by atoms with Crippen molar-refractivity contribution in [1.29, 1.82) is 0 Å². The number of hydrogen-bond donors (Lipinski definition) is 0. The Balaban J connectivity index is 1.14. The Morgan fingerprint density at radius 3 is 1.78 bits per heavy atom. The molecule has 8 aromatic carbocycles. The zero-order valence-electron chi connectivity index (χ0n) is 28.9. The summed E-state index contributed by atoms with van der Waals surface area (Å²) in [6, 6.07) is 60.3. The summed E-state index contributed by atoms with van der Waals surface area (Å²) in [5.41, 5.74) is 10.4. The molecular weight excluding hydrogens is 663 g/mol. The molecule has 0 spiro atoms. The standard InChI is InChI=1S/C49H29N3O2/c1-3-12-30(13-4-1)32-16-9-17-34(28-32)47-50-48(35-24-26-36-33(29-35)25-27-43-44(36)38-18-7-8-22-41(38)53-43)52-49(51-47)40-21-11-23-42-45(40)39-20-10-19-37(46(39)54-42)31-14-5-2-6-15-31/h1-29H. The lowest BCUT2D eigenvalue weighted by Gasteiger charge is -2.11. The van der Waals surface area contributed by atoms with E-state index in [-0.39, 0.29) is 0 Å². The maximum absolute atomic E-state index is 6.62. The third-order valence-corrected chi connectivity index (χ3v) is 10.3. The molecule has 0 fully saturated rings. The number of rotatable bonds is 5. The van der Waals surface area contributed by atoms with Crippen molar-refractivity contribution < 1.29 is 8.83 Å². The van der Waals surface area contributed by atoms with Gasteiger partial charge in [0.25, 0.3) is 0 Å². The SMILES string of the molecule is c1ccc(-c2cccc(-c3nc(-c4ccc5c(ccc6oc7ccccc7c65)c4)nc(-c4cccc5oc6c(-c7ccccc7)cccc6c45)n3)c2)cc1. The number of nitrogens with zero attached hydrogens (tertiary/aromatic N) is 3. The van der Waals surface area contributed by atoms with Crippen molar-refractivity contribution in [3.63, 3.8) is 0 Å². The van der Waals surface area contributed by atoms with Gasteiger partial charge in [0.1, 0.15) is 22.3 Å². The van der Waals surface area contributed by atoms with Gasteiger partial charge >= 0.3 is 0 Å². The first-order valence-electron chi connectivity index (χ1n) is 18.0. The summed E-state index contributed by atoms with van der Waals surface area (Å²) >= 11 is 0. The van der Waals surface area contributed by atoms with Crippen LogP contribution in [0.15, 0.2) is 185 Å². The van der Waals surface area contributed by atoms with Gasteiger partial charge in [-0.2, -0.15) is 0 Å². The molecule has 0 N–H and O–H groups in total. The molecule has 5 heteroatoms. The molecule has 0 bridgehead atoms. The van der Waals surface area contributed by atoms with Gasteiger partial charge < -0.3 is 8.83 Å². The van der Waals surface area contributed by atoms with Crippen LogP contribution in [0.25, 0.3) is 111 Å². The van der Waals surface area contributed by atoms with E-state index in [1.165, 1.54) is 0 Å². The predicted molar refractivity (Wildman–Crippen MR) is 219 cm³/mol. The van der Waals surface area contributed by atoms with E-state index in [9.17, 15) is 0 Å². The lowest BCUT2D eigenvalue weighted by molar-refractivity contribution is 0.669. The van der Waals surface area contributed by atoms with Crippen LogP contribution in [0.2, 0.25) is 0 Å². The van der Waals surface area contributed by atoms with Crippen LogP contribution in [0.3, 0.4) is 0 Å². The van der Waals surface area contributed by atoms with E-state index in [1.807, 2.05) is 36.4 Å². The average molecular weight is 692 g/mol. The van der Waals surface area contributed by atoms with Crippen molar-refractivity contribution >= 4 is 54.6 Å². The Morgan fingerprint density at radius 1 is 0.315 bits per heavy atom. The zero-order valence-corrected chi connectivity index (χ0v) is 28.9. The van der Waals surface area contributed by atoms with Gasteiger partial charge in [0.05, 0.1) is 0 Å². The second kappa shape index (κ2) is 12.1. The van der Waals surface area contributed by atoms with Crippen LogP contribution in [-0.4, -0.2) is 15.0 Å². The van der Waals surface area contributed by atoms with Gasteiger partial charge in [0, 0.05) is 43.8 Å². The Kier molecular flexibility index (Phi) is 6.79. The van der Waals surface area contributed by atoms with Gasteiger partial charge in [0.15, 0.2) is 17.5 Å². The van der Waals surface area contributed by atoms with Crippen LogP contribution in [0.5, 0.6) is 0 Å². The van der Waals surface area contributed by atoms with E-state index >= 15 is 0 Å². The third kappa shape index (κ3) is 4.90. The van der Waals surface area contributed by atoms with Crippen LogP contribution >= 0.6 is 0 Å². The lowest BCUT2D eigenvalue weighted by Crippen LogP contribution is -2.00. The molecule has 0 saturated carbocycles. The van der Waals surface area contributed by atoms with Gasteiger partial charge in [-0.15, -0.1) is 0 Å². The van der Waals surface area contributed by atoms with Gasteiger partial charge in [-0.1, -0.05) is 146 Å². The highest BCUT2D eigenvalue weighted by Crippen LogP contribution is 2.41. The molecule has 3 heterocycles. The fraction of sp³-hybridized carbons (Fsp3) is 0. The quantitative estimate of drug-likeness (QED) is 0.180. The normalized spacial score (nSPS) is 11.7. The molecule has 3 aromatic heterocycles. The number of benzene rings is 8. The van der Waals surface area contributed by atoms with Crippen LogP contribution < -0.4 is 0 Å². The monoisotopic (exact) mass is 691 g/mol. The Hall–Kier alpha value is -7.37. The van der Waals surface area contributed by atoms with E-state index in [0.717, 1.165) is 93.6 Å². The van der Waals surface area contributed by atoms with E-state index < -0.39 is 0 Å². The Morgan fingerprint density at radius 2 is 0.926 bits per heavy atom. The number of fused-ring (bicyclic) bond motifs is 8. The zero-order chi connectivity index (χ0) is 35.6. The van der Waals surface area contributed by atoms with Crippen molar-refractivity contribution in [1.82, 2.24) is 15.0 Å². The Bertz CT molecular complexity index is 3220. The summed E-state index contributed by atoms with van der Waals surface area (Å²) in [6.45, 7) is 0. The van der Waals surface area contributed by atoms with Gasteiger partial charge in [-0.3, -0.25) is 0 Å². The second-order valence-corrected chi connectivity index (χ2v) is 13.6. The maximum atomic E-state index is 6.62. The van der Waals surface area contributed by atoms with Crippen molar-refractivity contribution in [2.45, 2.75) is 0 Å². The van der Waals surface area contributed by atoms with E-state index in [4.69, 9.17) is 23.8 Å². The fourth-order valence-electron chi connectivity index (χ4n) is 7.79. The van der Waals surface area contributed by atoms with Crippen molar-refractivity contribution in [2.24, 2.45) is 0 Å².